The highest BCUT2D eigenvalue weighted by Gasteiger charge is 2.07. The van der Waals surface area contributed by atoms with Crippen LogP contribution in [0.15, 0.2) is 6.20 Å². The van der Waals surface area contributed by atoms with Crippen LogP contribution in [0.2, 0.25) is 0 Å². The minimum atomic E-state index is 0.0600. The number of nitrogens with one attached hydrogen (secondary N) is 1. The molecule has 0 radical (unpaired) electrons. The first kappa shape index (κ1) is 10.9. The van der Waals surface area contributed by atoms with Gasteiger partial charge in [-0.25, -0.2) is 4.98 Å². The Bertz CT molecular complexity index is 297. The number of aliphatic hydroxyl groups is 1. The molecule has 2 N–H and O–H groups in total. The second-order valence-electron chi connectivity index (χ2n) is 3.38. The van der Waals surface area contributed by atoms with E-state index in [2.05, 4.69) is 15.3 Å². The lowest BCUT2D eigenvalue weighted by Crippen LogP contribution is -2.24. The first-order valence-corrected chi connectivity index (χ1v) is 4.85. The summed E-state index contributed by atoms with van der Waals surface area (Å²) in [5.74, 6) is 0.769. The third-order valence-corrected chi connectivity index (χ3v) is 2.13. The van der Waals surface area contributed by atoms with E-state index in [1.54, 1.807) is 6.20 Å². The molecule has 14 heavy (non-hydrogen) atoms. The van der Waals surface area contributed by atoms with Crippen LogP contribution in [0.25, 0.3) is 0 Å². The highest BCUT2D eigenvalue weighted by atomic mass is 16.3. The van der Waals surface area contributed by atoms with E-state index in [0.717, 1.165) is 23.6 Å². The molecule has 0 bridgehead atoms. The Kier molecular flexibility index (Phi) is 3.83. The number of hydrogen-bond donors (Lipinski definition) is 2. The molecule has 1 atom stereocenters. The van der Waals surface area contributed by atoms with Gasteiger partial charge < -0.3 is 10.4 Å². The first-order valence-electron chi connectivity index (χ1n) is 4.85. The molecule has 0 fully saturated rings. The topological polar surface area (TPSA) is 58.0 Å². The maximum atomic E-state index is 9.04. The summed E-state index contributed by atoms with van der Waals surface area (Å²) in [5, 5.41) is 12.2. The van der Waals surface area contributed by atoms with Crippen LogP contribution in [0.5, 0.6) is 0 Å². The predicted molar refractivity (Wildman–Crippen MR) is 56.3 cm³/mol. The van der Waals surface area contributed by atoms with Crippen molar-refractivity contribution in [3.63, 3.8) is 0 Å². The van der Waals surface area contributed by atoms with Gasteiger partial charge in [-0.2, -0.15) is 0 Å². The monoisotopic (exact) mass is 195 g/mol. The van der Waals surface area contributed by atoms with Gasteiger partial charge in [0.2, 0.25) is 0 Å². The zero-order valence-electron chi connectivity index (χ0n) is 8.91. The Labute approximate surface area is 84.4 Å². The third-order valence-electron chi connectivity index (χ3n) is 2.13. The maximum absolute atomic E-state index is 9.04. The predicted octanol–water partition coefficient (Wildman–Crippen LogP) is 1.28. The van der Waals surface area contributed by atoms with E-state index in [-0.39, 0.29) is 12.6 Å². The largest absolute Gasteiger partial charge is 0.394 e. The van der Waals surface area contributed by atoms with E-state index in [0.29, 0.717) is 0 Å². The molecule has 0 unspecified atom stereocenters. The summed E-state index contributed by atoms with van der Waals surface area (Å²) in [6.45, 7) is 5.94. The Morgan fingerprint density at radius 2 is 2.21 bits per heavy atom. The lowest BCUT2D eigenvalue weighted by molar-refractivity contribution is 0.271. The quantitative estimate of drug-likeness (QED) is 0.759. The van der Waals surface area contributed by atoms with Gasteiger partial charge in [-0.3, -0.25) is 4.98 Å². The molecule has 0 spiro atoms. The second kappa shape index (κ2) is 4.91. The van der Waals surface area contributed by atoms with Crippen molar-refractivity contribution in [3.8, 4) is 0 Å². The third kappa shape index (κ3) is 2.67. The summed E-state index contributed by atoms with van der Waals surface area (Å²) < 4.78 is 0. The van der Waals surface area contributed by atoms with Gasteiger partial charge in [0.15, 0.2) is 0 Å². The maximum Gasteiger partial charge on any atom is 0.148 e. The Morgan fingerprint density at radius 3 is 2.79 bits per heavy atom. The van der Waals surface area contributed by atoms with Crippen molar-refractivity contribution >= 4 is 5.82 Å². The lowest BCUT2D eigenvalue weighted by atomic mass is 10.2. The highest BCUT2D eigenvalue weighted by molar-refractivity contribution is 5.40. The normalized spacial score (nSPS) is 12.6. The summed E-state index contributed by atoms with van der Waals surface area (Å²) in [6, 6.07) is 0.0600. The average molecular weight is 195 g/mol. The highest BCUT2D eigenvalue weighted by Crippen LogP contribution is 2.10. The van der Waals surface area contributed by atoms with Crippen molar-refractivity contribution in [2.24, 2.45) is 0 Å². The molecule has 4 heteroatoms. The van der Waals surface area contributed by atoms with Gasteiger partial charge in [0.05, 0.1) is 24.0 Å². The minimum Gasteiger partial charge on any atom is -0.394 e. The van der Waals surface area contributed by atoms with Crippen molar-refractivity contribution < 1.29 is 5.11 Å². The van der Waals surface area contributed by atoms with Gasteiger partial charge in [0, 0.05) is 6.20 Å². The molecule has 4 nitrogen and oxygen atoms in total. The standard InChI is InChI=1S/C10H17N3O/c1-4-9(6-14)13-10-8(3)11-5-7(2)12-10/h5,9,14H,4,6H2,1-3H3,(H,12,13)/t9-/m0/s1. The molecular weight excluding hydrogens is 178 g/mol. The Hall–Kier alpha value is -1.16. The molecule has 0 saturated heterocycles. The van der Waals surface area contributed by atoms with Crippen LogP contribution >= 0.6 is 0 Å². The van der Waals surface area contributed by atoms with E-state index in [9.17, 15) is 0 Å². The number of anilines is 1. The summed E-state index contributed by atoms with van der Waals surface area (Å²) in [5.41, 5.74) is 1.74. The molecule has 1 aromatic rings. The fourth-order valence-electron chi connectivity index (χ4n) is 1.14. The molecule has 1 heterocycles. The van der Waals surface area contributed by atoms with Gasteiger partial charge in [-0.05, 0) is 20.3 Å². The van der Waals surface area contributed by atoms with Crippen LogP contribution in [-0.2, 0) is 0 Å². The summed E-state index contributed by atoms with van der Waals surface area (Å²) in [4.78, 5) is 8.52. The smallest absolute Gasteiger partial charge is 0.148 e. The zero-order chi connectivity index (χ0) is 10.6. The molecule has 0 aromatic carbocycles. The minimum absolute atomic E-state index is 0.0600. The number of hydrogen-bond acceptors (Lipinski definition) is 4. The van der Waals surface area contributed by atoms with E-state index in [4.69, 9.17) is 5.11 Å². The van der Waals surface area contributed by atoms with E-state index < -0.39 is 0 Å². The molecule has 0 saturated carbocycles. The van der Waals surface area contributed by atoms with Gasteiger partial charge in [-0.1, -0.05) is 6.92 Å². The van der Waals surface area contributed by atoms with Crippen molar-refractivity contribution in [3.05, 3.63) is 17.6 Å². The molecule has 0 amide bonds. The summed E-state index contributed by atoms with van der Waals surface area (Å²) in [7, 11) is 0. The van der Waals surface area contributed by atoms with Gasteiger partial charge in [-0.15, -0.1) is 0 Å². The number of aromatic nitrogens is 2. The van der Waals surface area contributed by atoms with Gasteiger partial charge in [0.25, 0.3) is 0 Å². The summed E-state index contributed by atoms with van der Waals surface area (Å²) >= 11 is 0. The van der Waals surface area contributed by atoms with E-state index >= 15 is 0 Å². The van der Waals surface area contributed by atoms with Crippen molar-refractivity contribution in [1.82, 2.24) is 9.97 Å². The molecule has 0 aliphatic heterocycles. The van der Waals surface area contributed by atoms with Crippen LogP contribution in [0.1, 0.15) is 24.7 Å². The van der Waals surface area contributed by atoms with Crippen molar-refractivity contribution in [2.45, 2.75) is 33.2 Å². The van der Waals surface area contributed by atoms with Gasteiger partial charge in [0.1, 0.15) is 5.82 Å². The molecule has 0 aliphatic rings. The van der Waals surface area contributed by atoms with Crippen LogP contribution in [0.4, 0.5) is 5.82 Å². The van der Waals surface area contributed by atoms with Crippen molar-refractivity contribution in [1.29, 1.82) is 0 Å². The van der Waals surface area contributed by atoms with Crippen LogP contribution in [0.3, 0.4) is 0 Å². The molecular formula is C10H17N3O. The van der Waals surface area contributed by atoms with E-state index in [1.165, 1.54) is 0 Å². The zero-order valence-corrected chi connectivity index (χ0v) is 8.91. The van der Waals surface area contributed by atoms with Crippen LogP contribution in [0, 0.1) is 13.8 Å². The first-order chi connectivity index (χ1) is 6.67. The summed E-state index contributed by atoms with van der Waals surface area (Å²) in [6.07, 6.45) is 2.60. The number of rotatable bonds is 4. The lowest BCUT2D eigenvalue weighted by Gasteiger charge is -2.15. The van der Waals surface area contributed by atoms with Gasteiger partial charge >= 0.3 is 0 Å². The fourth-order valence-corrected chi connectivity index (χ4v) is 1.14. The number of aliphatic hydroxyl groups excluding tert-OH is 1. The van der Waals surface area contributed by atoms with Crippen molar-refractivity contribution in [2.75, 3.05) is 11.9 Å². The van der Waals surface area contributed by atoms with E-state index in [1.807, 2.05) is 20.8 Å². The number of aryl methyl sites for hydroxylation is 2. The molecule has 0 aliphatic carbocycles. The second-order valence-corrected chi connectivity index (χ2v) is 3.38. The Morgan fingerprint density at radius 1 is 1.50 bits per heavy atom. The molecule has 1 aromatic heterocycles. The Balaban J connectivity index is 2.79. The molecule has 78 valence electrons. The SMILES string of the molecule is CC[C@@H](CO)Nc1nc(C)cnc1C. The fraction of sp³-hybridized carbons (Fsp3) is 0.600. The number of nitrogens with zero attached hydrogens (tertiary/aromatic N) is 2. The average Bonchev–Trinajstić information content (AvgIpc) is 2.19. The van der Waals surface area contributed by atoms with Crippen LogP contribution < -0.4 is 5.32 Å². The molecule has 1 rings (SSSR count). The van der Waals surface area contributed by atoms with Crippen LogP contribution in [-0.4, -0.2) is 27.7 Å².